The van der Waals surface area contributed by atoms with Gasteiger partial charge in [-0.2, -0.15) is 10.5 Å². The fraction of sp³-hybridized carbons (Fsp3) is 0.125. The highest BCUT2D eigenvalue weighted by atomic mass is 79.9. The number of benzene rings is 2. The van der Waals surface area contributed by atoms with Crippen molar-refractivity contribution in [3.63, 3.8) is 0 Å². The summed E-state index contributed by atoms with van der Waals surface area (Å²) in [5.41, 5.74) is 3.30. The topological polar surface area (TPSA) is 59.6 Å². The van der Waals surface area contributed by atoms with Crippen LogP contribution in [-0.2, 0) is 0 Å². The van der Waals surface area contributed by atoms with E-state index in [9.17, 15) is 0 Å². The first-order valence-electron chi connectivity index (χ1n) is 6.10. The Morgan fingerprint density at radius 3 is 2.15 bits per heavy atom. The average Bonchev–Trinajstić information content (AvgIpc) is 2.49. The smallest absolute Gasteiger partial charge is 0.0992 e. The Balaban J connectivity index is 2.17. The van der Waals surface area contributed by atoms with Gasteiger partial charge in [-0.05, 0) is 58.7 Å². The number of nitriles is 2. The molecule has 0 amide bonds. The molecule has 1 unspecified atom stereocenters. The summed E-state index contributed by atoms with van der Waals surface area (Å²) in [6, 6.07) is 17.2. The van der Waals surface area contributed by atoms with Crippen LogP contribution in [0.1, 0.15) is 29.7 Å². The fourth-order valence-electron chi connectivity index (χ4n) is 1.86. The summed E-state index contributed by atoms with van der Waals surface area (Å²) in [6.45, 7) is 2.05. The first-order valence-corrected chi connectivity index (χ1v) is 6.89. The van der Waals surface area contributed by atoms with Crippen LogP contribution in [-0.4, -0.2) is 0 Å². The largest absolute Gasteiger partial charge is 0.378 e. The minimum atomic E-state index is 0.104. The molecule has 0 aromatic heterocycles. The number of nitrogens with zero attached hydrogens (tertiary/aromatic N) is 2. The molecule has 0 aliphatic rings. The van der Waals surface area contributed by atoms with Crippen molar-refractivity contribution in [2.45, 2.75) is 13.0 Å². The van der Waals surface area contributed by atoms with Gasteiger partial charge in [0.2, 0.25) is 0 Å². The third-order valence-corrected chi connectivity index (χ3v) is 3.67. The second-order valence-electron chi connectivity index (χ2n) is 4.41. The monoisotopic (exact) mass is 325 g/mol. The van der Waals surface area contributed by atoms with Crippen LogP contribution in [0.25, 0.3) is 0 Å². The van der Waals surface area contributed by atoms with Crippen LogP contribution in [0.2, 0.25) is 0 Å². The number of nitrogens with one attached hydrogen (secondary N) is 1. The number of halogens is 1. The number of hydrogen-bond acceptors (Lipinski definition) is 3. The molecular weight excluding hydrogens is 314 g/mol. The van der Waals surface area contributed by atoms with Crippen molar-refractivity contribution in [2.24, 2.45) is 0 Å². The van der Waals surface area contributed by atoms with E-state index >= 15 is 0 Å². The molecule has 98 valence electrons. The SMILES string of the molecule is CC(Nc1ccc(C#N)cc1Br)c1ccc(C#N)cc1. The van der Waals surface area contributed by atoms with Crippen LogP contribution in [0, 0.1) is 22.7 Å². The van der Waals surface area contributed by atoms with Crippen molar-refractivity contribution in [3.8, 4) is 12.1 Å². The molecule has 3 nitrogen and oxygen atoms in total. The molecule has 0 bridgehead atoms. The van der Waals surface area contributed by atoms with E-state index in [2.05, 4.69) is 33.4 Å². The molecule has 1 N–H and O–H groups in total. The van der Waals surface area contributed by atoms with Crippen LogP contribution in [0.4, 0.5) is 5.69 Å². The molecular formula is C16H12BrN3. The van der Waals surface area contributed by atoms with Gasteiger partial charge in [0.15, 0.2) is 0 Å². The molecule has 2 aromatic carbocycles. The van der Waals surface area contributed by atoms with Gasteiger partial charge in [-0.15, -0.1) is 0 Å². The van der Waals surface area contributed by atoms with E-state index in [1.165, 1.54) is 0 Å². The van der Waals surface area contributed by atoms with Gasteiger partial charge in [0.25, 0.3) is 0 Å². The molecule has 0 aliphatic carbocycles. The highest BCUT2D eigenvalue weighted by molar-refractivity contribution is 9.10. The van der Waals surface area contributed by atoms with Gasteiger partial charge < -0.3 is 5.32 Å². The molecule has 0 saturated carbocycles. The summed E-state index contributed by atoms with van der Waals surface area (Å²) in [5, 5.41) is 21.0. The summed E-state index contributed by atoms with van der Waals surface area (Å²) < 4.78 is 0.858. The highest BCUT2D eigenvalue weighted by Gasteiger charge is 2.08. The van der Waals surface area contributed by atoms with E-state index in [1.807, 2.05) is 25.1 Å². The van der Waals surface area contributed by atoms with E-state index in [0.29, 0.717) is 11.1 Å². The van der Waals surface area contributed by atoms with Crippen LogP contribution in [0.15, 0.2) is 46.9 Å². The van der Waals surface area contributed by atoms with E-state index in [1.54, 1.807) is 24.3 Å². The average molecular weight is 326 g/mol. The minimum Gasteiger partial charge on any atom is -0.378 e. The number of anilines is 1. The Hall–Kier alpha value is -2.30. The van der Waals surface area contributed by atoms with E-state index in [4.69, 9.17) is 10.5 Å². The standard InChI is InChI=1S/C16H12BrN3/c1-11(14-5-2-12(9-18)3-6-14)20-16-7-4-13(10-19)8-15(16)17/h2-8,11,20H,1H3. The zero-order chi connectivity index (χ0) is 14.5. The third-order valence-electron chi connectivity index (χ3n) is 3.01. The number of hydrogen-bond donors (Lipinski definition) is 1. The molecule has 20 heavy (non-hydrogen) atoms. The van der Waals surface area contributed by atoms with Gasteiger partial charge in [0.05, 0.1) is 23.3 Å². The van der Waals surface area contributed by atoms with E-state index < -0.39 is 0 Å². The normalized spacial score (nSPS) is 11.2. The summed E-state index contributed by atoms with van der Waals surface area (Å²) in [4.78, 5) is 0. The summed E-state index contributed by atoms with van der Waals surface area (Å²) in [5.74, 6) is 0. The van der Waals surface area contributed by atoms with Gasteiger partial charge in [-0.3, -0.25) is 0 Å². The van der Waals surface area contributed by atoms with Crippen LogP contribution >= 0.6 is 15.9 Å². The van der Waals surface area contributed by atoms with Crippen LogP contribution in [0.3, 0.4) is 0 Å². The van der Waals surface area contributed by atoms with Crippen molar-refractivity contribution >= 4 is 21.6 Å². The molecule has 4 heteroatoms. The maximum atomic E-state index is 8.84. The lowest BCUT2D eigenvalue weighted by atomic mass is 10.1. The second kappa shape index (κ2) is 6.23. The maximum absolute atomic E-state index is 8.84. The lowest BCUT2D eigenvalue weighted by molar-refractivity contribution is 0.883. The highest BCUT2D eigenvalue weighted by Crippen LogP contribution is 2.27. The van der Waals surface area contributed by atoms with Crippen molar-refractivity contribution in [1.82, 2.24) is 0 Å². The van der Waals surface area contributed by atoms with Crippen molar-refractivity contribution in [3.05, 3.63) is 63.6 Å². The number of rotatable bonds is 3. The zero-order valence-corrected chi connectivity index (χ0v) is 12.5. The van der Waals surface area contributed by atoms with E-state index in [0.717, 1.165) is 15.7 Å². The first-order chi connectivity index (χ1) is 9.63. The Kier molecular flexibility index (Phi) is 4.40. The van der Waals surface area contributed by atoms with Crippen LogP contribution < -0.4 is 5.32 Å². The van der Waals surface area contributed by atoms with Gasteiger partial charge >= 0.3 is 0 Å². The second-order valence-corrected chi connectivity index (χ2v) is 5.26. The summed E-state index contributed by atoms with van der Waals surface area (Å²) in [6.07, 6.45) is 0. The van der Waals surface area contributed by atoms with Crippen molar-refractivity contribution in [1.29, 1.82) is 10.5 Å². The van der Waals surface area contributed by atoms with E-state index in [-0.39, 0.29) is 6.04 Å². The van der Waals surface area contributed by atoms with Gasteiger partial charge in [-0.25, -0.2) is 0 Å². The molecule has 0 spiro atoms. The van der Waals surface area contributed by atoms with Gasteiger partial charge in [-0.1, -0.05) is 12.1 Å². The molecule has 1 atom stereocenters. The van der Waals surface area contributed by atoms with Crippen LogP contribution in [0.5, 0.6) is 0 Å². The molecule has 0 saturated heterocycles. The molecule has 0 radical (unpaired) electrons. The summed E-state index contributed by atoms with van der Waals surface area (Å²) >= 11 is 3.46. The lowest BCUT2D eigenvalue weighted by Crippen LogP contribution is -2.07. The van der Waals surface area contributed by atoms with Gasteiger partial charge in [0, 0.05) is 16.2 Å². The third kappa shape index (κ3) is 3.17. The Bertz CT molecular complexity index is 693. The quantitative estimate of drug-likeness (QED) is 0.911. The predicted octanol–water partition coefficient (Wildman–Crippen LogP) is 4.37. The molecule has 0 fully saturated rings. The molecule has 0 aliphatic heterocycles. The van der Waals surface area contributed by atoms with Crippen molar-refractivity contribution in [2.75, 3.05) is 5.32 Å². The summed E-state index contributed by atoms with van der Waals surface area (Å²) in [7, 11) is 0. The Morgan fingerprint density at radius 2 is 1.60 bits per heavy atom. The lowest BCUT2D eigenvalue weighted by Gasteiger charge is -2.17. The fourth-order valence-corrected chi connectivity index (χ4v) is 2.36. The maximum Gasteiger partial charge on any atom is 0.0992 e. The molecule has 2 rings (SSSR count). The molecule has 2 aromatic rings. The Labute approximate surface area is 126 Å². The Morgan fingerprint density at radius 1 is 1.00 bits per heavy atom. The van der Waals surface area contributed by atoms with Crippen molar-refractivity contribution < 1.29 is 0 Å². The molecule has 0 heterocycles. The van der Waals surface area contributed by atoms with Gasteiger partial charge in [0.1, 0.15) is 0 Å². The zero-order valence-electron chi connectivity index (χ0n) is 10.9. The minimum absolute atomic E-state index is 0.104. The first kappa shape index (κ1) is 14.1. The predicted molar refractivity (Wildman–Crippen MR) is 82.1 cm³/mol.